The predicted molar refractivity (Wildman–Crippen MR) is 101 cm³/mol. The molecule has 7 heteroatoms. The molecule has 27 heavy (non-hydrogen) atoms. The van der Waals surface area contributed by atoms with Crippen LogP contribution in [0.1, 0.15) is 49.9 Å². The topological polar surface area (TPSA) is 97.1 Å². The maximum Gasteiger partial charge on any atom is 0.308 e. The molecule has 1 fully saturated rings. The molecule has 1 aromatic carbocycles. The molecule has 1 saturated carbocycles. The number of benzene rings is 1. The van der Waals surface area contributed by atoms with Crippen LogP contribution in [-0.2, 0) is 16.0 Å². The molecule has 2 atom stereocenters. The zero-order valence-corrected chi connectivity index (χ0v) is 15.6. The molecule has 0 radical (unpaired) electrons. The second-order valence-corrected chi connectivity index (χ2v) is 7.16. The summed E-state index contributed by atoms with van der Waals surface area (Å²) < 4.78 is 1.71. The van der Waals surface area contributed by atoms with Gasteiger partial charge >= 0.3 is 5.97 Å². The van der Waals surface area contributed by atoms with E-state index in [1.54, 1.807) is 4.68 Å². The van der Waals surface area contributed by atoms with Crippen LogP contribution in [0, 0.1) is 12.8 Å². The number of aliphatic carboxylic acids is 1. The van der Waals surface area contributed by atoms with Gasteiger partial charge in [-0.15, -0.1) is 5.10 Å². The first-order valence-electron chi connectivity index (χ1n) is 9.55. The number of nitrogens with zero attached hydrogens (tertiary/aromatic N) is 3. The van der Waals surface area contributed by atoms with Crippen molar-refractivity contribution >= 4 is 11.9 Å². The first-order valence-corrected chi connectivity index (χ1v) is 9.55. The SMILES string of the molecule is Cc1c(CC(=O)NC2CCCCCCC2C(=O)O)nnn1-c1ccccc1. The van der Waals surface area contributed by atoms with E-state index in [1.165, 1.54) is 0 Å². The smallest absolute Gasteiger partial charge is 0.308 e. The Hall–Kier alpha value is -2.70. The summed E-state index contributed by atoms with van der Waals surface area (Å²) in [6, 6.07) is 9.31. The van der Waals surface area contributed by atoms with E-state index in [1.807, 2.05) is 37.3 Å². The molecule has 0 aliphatic heterocycles. The van der Waals surface area contributed by atoms with Crippen molar-refractivity contribution in [2.24, 2.45) is 5.92 Å². The average molecular weight is 370 g/mol. The van der Waals surface area contributed by atoms with Gasteiger partial charge in [0, 0.05) is 6.04 Å². The van der Waals surface area contributed by atoms with E-state index in [2.05, 4.69) is 15.6 Å². The van der Waals surface area contributed by atoms with Gasteiger partial charge in [0.05, 0.1) is 29.4 Å². The summed E-state index contributed by atoms with van der Waals surface area (Å²) in [5.41, 5.74) is 2.30. The van der Waals surface area contributed by atoms with Crippen molar-refractivity contribution in [2.45, 2.75) is 57.9 Å². The average Bonchev–Trinajstić information content (AvgIpc) is 2.98. The van der Waals surface area contributed by atoms with E-state index >= 15 is 0 Å². The lowest BCUT2D eigenvalue weighted by molar-refractivity contribution is -0.143. The van der Waals surface area contributed by atoms with Gasteiger partial charge in [-0.1, -0.05) is 49.1 Å². The molecule has 7 nitrogen and oxygen atoms in total. The number of aromatic nitrogens is 3. The second kappa shape index (κ2) is 8.79. The molecule has 1 aromatic heterocycles. The Morgan fingerprint density at radius 3 is 2.56 bits per heavy atom. The highest BCUT2D eigenvalue weighted by Crippen LogP contribution is 2.23. The minimum atomic E-state index is -0.826. The van der Waals surface area contributed by atoms with Crippen molar-refractivity contribution in [1.29, 1.82) is 0 Å². The van der Waals surface area contributed by atoms with Gasteiger partial charge in [0.15, 0.2) is 0 Å². The Bertz CT molecular complexity index is 788. The number of rotatable bonds is 5. The summed E-state index contributed by atoms with van der Waals surface area (Å²) >= 11 is 0. The van der Waals surface area contributed by atoms with Crippen LogP contribution in [0.5, 0.6) is 0 Å². The van der Waals surface area contributed by atoms with Crippen molar-refractivity contribution in [3.8, 4) is 5.69 Å². The Morgan fingerprint density at radius 1 is 1.15 bits per heavy atom. The molecular weight excluding hydrogens is 344 g/mol. The van der Waals surface area contributed by atoms with Crippen LogP contribution in [0.4, 0.5) is 0 Å². The number of carboxylic acids is 1. The number of hydrogen-bond acceptors (Lipinski definition) is 4. The lowest BCUT2D eigenvalue weighted by Crippen LogP contribution is -2.44. The minimum Gasteiger partial charge on any atom is -0.481 e. The van der Waals surface area contributed by atoms with E-state index in [4.69, 9.17) is 0 Å². The van der Waals surface area contributed by atoms with Crippen molar-refractivity contribution in [3.05, 3.63) is 41.7 Å². The number of carbonyl (C=O) groups is 2. The Balaban J connectivity index is 1.68. The third-order valence-corrected chi connectivity index (χ3v) is 5.25. The lowest BCUT2D eigenvalue weighted by atomic mass is 9.86. The van der Waals surface area contributed by atoms with Crippen molar-refractivity contribution in [1.82, 2.24) is 20.3 Å². The van der Waals surface area contributed by atoms with E-state index in [0.29, 0.717) is 18.5 Å². The largest absolute Gasteiger partial charge is 0.481 e. The quantitative estimate of drug-likeness (QED) is 0.843. The third-order valence-electron chi connectivity index (χ3n) is 5.25. The fraction of sp³-hybridized carbons (Fsp3) is 0.500. The molecule has 0 saturated heterocycles. The summed E-state index contributed by atoms with van der Waals surface area (Å²) in [6.45, 7) is 1.88. The summed E-state index contributed by atoms with van der Waals surface area (Å²) in [4.78, 5) is 24.2. The van der Waals surface area contributed by atoms with E-state index in [9.17, 15) is 14.7 Å². The first kappa shape index (κ1) is 19.1. The zero-order valence-electron chi connectivity index (χ0n) is 15.6. The molecule has 1 aliphatic carbocycles. The molecule has 2 N–H and O–H groups in total. The van der Waals surface area contributed by atoms with E-state index in [0.717, 1.165) is 37.1 Å². The van der Waals surface area contributed by atoms with Gasteiger partial charge in [-0.3, -0.25) is 9.59 Å². The van der Waals surface area contributed by atoms with Crippen LogP contribution in [0.15, 0.2) is 30.3 Å². The Labute approximate surface area is 158 Å². The predicted octanol–water partition coefficient (Wildman–Crippen LogP) is 2.66. The van der Waals surface area contributed by atoms with Gasteiger partial charge in [-0.2, -0.15) is 0 Å². The lowest BCUT2D eigenvalue weighted by Gasteiger charge is -2.27. The highest BCUT2D eigenvalue weighted by molar-refractivity contribution is 5.80. The number of carbonyl (C=O) groups excluding carboxylic acids is 1. The Morgan fingerprint density at radius 2 is 1.85 bits per heavy atom. The first-order chi connectivity index (χ1) is 13.1. The van der Waals surface area contributed by atoms with Crippen molar-refractivity contribution in [3.63, 3.8) is 0 Å². The standard InChI is InChI=1S/C20H26N4O3/c1-14-18(22-23-24(14)15-9-5-4-6-10-15)13-19(25)21-17-12-8-3-2-7-11-16(17)20(26)27/h4-6,9-10,16-17H,2-3,7-8,11-13H2,1H3,(H,21,25)(H,26,27). The van der Waals surface area contributed by atoms with Crippen LogP contribution in [0.2, 0.25) is 0 Å². The maximum absolute atomic E-state index is 12.6. The fourth-order valence-corrected chi connectivity index (χ4v) is 3.70. The summed E-state index contributed by atoms with van der Waals surface area (Å²) in [5.74, 6) is -1.54. The molecule has 3 rings (SSSR count). The van der Waals surface area contributed by atoms with Crippen LogP contribution < -0.4 is 5.32 Å². The van der Waals surface area contributed by atoms with Crippen LogP contribution >= 0.6 is 0 Å². The number of carboxylic acid groups (broad SMARTS) is 1. The number of nitrogens with one attached hydrogen (secondary N) is 1. The molecule has 2 aromatic rings. The van der Waals surface area contributed by atoms with Crippen LogP contribution in [-0.4, -0.2) is 38.0 Å². The van der Waals surface area contributed by atoms with Gasteiger partial charge < -0.3 is 10.4 Å². The normalized spacial score (nSPS) is 20.5. The molecular formula is C20H26N4O3. The second-order valence-electron chi connectivity index (χ2n) is 7.16. The monoisotopic (exact) mass is 370 g/mol. The Kier molecular flexibility index (Phi) is 6.21. The number of hydrogen-bond donors (Lipinski definition) is 2. The van der Waals surface area contributed by atoms with Gasteiger partial charge in [-0.05, 0) is 31.9 Å². The molecule has 0 spiro atoms. The van der Waals surface area contributed by atoms with Gasteiger partial charge in [0.2, 0.25) is 5.91 Å². The number of amides is 1. The molecule has 0 bridgehead atoms. The zero-order chi connectivity index (χ0) is 19.2. The van der Waals surface area contributed by atoms with E-state index in [-0.39, 0.29) is 18.4 Å². The van der Waals surface area contributed by atoms with E-state index < -0.39 is 11.9 Å². The molecule has 2 unspecified atom stereocenters. The maximum atomic E-state index is 12.6. The van der Waals surface area contributed by atoms with Gasteiger partial charge in [0.25, 0.3) is 0 Å². The fourth-order valence-electron chi connectivity index (χ4n) is 3.70. The third kappa shape index (κ3) is 4.72. The highest BCUT2D eigenvalue weighted by Gasteiger charge is 2.30. The van der Waals surface area contributed by atoms with Gasteiger partial charge in [-0.25, -0.2) is 4.68 Å². The summed E-state index contributed by atoms with van der Waals surface area (Å²) in [5, 5.41) is 20.8. The molecule has 1 heterocycles. The molecule has 1 amide bonds. The van der Waals surface area contributed by atoms with Crippen LogP contribution in [0.25, 0.3) is 5.69 Å². The van der Waals surface area contributed by atoms with Crippen molar-refractivity contribution < 1.29 is 14.7 Å². The van der Waals surface area contributed by atoms with Crippen LogP contribution in [0.3, 0.4) is 0 Å². The summed E-state index contributed by atoms with van der Waals surface area (Å²) in [7, 11) is 0. The molecule has 1 aliphatic rings. The van der Waals surface area contributed by atoms with Gasteiger partial charge in [0.1, 0.15) is 0 Å². The summed E-state index contributed by atoms with van der Waals surface area (Å²) in [6.07, 6.45) is 5.41. The highest BCUT2D eigenvalue weighted by atomic mass is 16.4. The molecule has 144 valence electrons. The minimum absolute atomic E-state index is 0.0987. The van der Waals surface area contributed by atoms with Crippen molar-refractivity contribution in [2.75, 3.05) is 0 Å². The number of para-hydroxylation sites is 1.